The van der Waals surface area contributed by atoms with E-state index in [1.807, 2.05) is 0 Å². The highest BCUT2D eigenvalue weighted by Crippen LogP contribution is 2.19. The molecule has 1 N–H and O–H groups in total. The van der Waals surface area contributed by atoms with E-state index in [-0.39, 0.29) is 0 Å². The lowest BCUT2D eigenvalue weighted by molar-refractivity contribution is 0.525. The maximum atomic E-state index is 4.11. The Balaban J connectivity index is 1.84. The van der Waals surface area contributed by atoms with Gasteiger partial charge < -0.3 is 5.32 Å². The molecule has 78 valence electrons. The van der Waals surface area contributed by atoms with Gasteiger partial charge in [-0.2, -0.15) is 0 Å². The molecule has 2 rings (SSSR count). The van der Waals surface area contributed by atoms with E-state index in [0.29, 0.717) is 0 Å². The van der Waals surface area contributed by atoms with Crippen LogP contribution in [0.15, 0.2) is 0 Å². The number of hydrogen-bond acceptors (Lipinski definition) is 4. The molecule has 4 heteroatoms. The Morgan fingerprint density at radius 2 is 2.21 bits per heavy atom. The van der Waals surface area contributed by atoms with Crippen molar-refractivity contribution in [2.75, 3.05) is 0 Å². The van der Waals surface area contributed by atoms with Gasteiger partial charge in [0.15, 0.2) is 0 Å². The fourth-order valence-corrected chi connectivity index (χ4v) is 2.67. The van der Waals surface area contributed by atoms with Crippen LogP contribution in [0.25, 0.3) is 0 Å². The van der Waals surface area contributed by atoms with Crippen molar-refractivity contribution in [2.45, 2.75) is 51.6 Å². The van der Waals surface area contributed by atoms with Gasteiger partial charge in [-0.05, 0) is 30.8 Å². The van der Waals surface area contributed by atoms with Crippen LogP contribution in [0.3, 0.4) is 0 Å². The second-order valence-corrected chi connectivity index (χ2v) is 4.70. The molecule has 0 unspecified atom stereocenters. The molecule has 0 radical (unpaired) electrons. The Hall–Kier alpha value is -0.480. The highest BCUT2D eigenvalue weighted by Gasteiger charge is 2.15. The van der Waals surface area contributed by atoms with Gasteiger partial charge in [0, 0.05) is 12.6 Å². The summed E-state index contributed by atoms with van der Waals surface area (Å²) in [7, 11) is 0. The summed E-state index contributed by atoms with van der Waals surface area (Å²) in [6, 6.07) is 0.738. The minimum Gasteiger partial charge on any atom is -0.309 e. The van der Waals surface area contributed by atoms with Crippen LogP contribution < -0.4 is 5.32 Å². The highest BCUT2D eigenvalue weighted by molar-refractivity contribution is 7.05. The molecule has 1 aromatic rings. The van der Waals surface area contributed by atoms with Crippen molar-refractivity contribution >= 4 is 11.5 Å². The van der Waals surface area contributed by atoms with E-state index in [1.54, 1.807) is 0 Å². The third-order valence-electron chi connectivity index (χ3n) is 2.88. The van der Waals surface area contributed by atoms with E-state index in [1.165, 1.54) is 47.8 Å². The van der Waals surface area contributed by atoms with Crippen LogP contribution in [-0.4, -0.2) is 15.6 Å². The molecule has 0 aromatic carbocycles. The monoisotopic (exact) mass is 211 g/mol. The number of nitrogens with zero attached hydrogens (tertiary/aromatic N) is 2. The lowest BCUT2D eigenvalue weighted by atomic mass is 10.2. The summed E-state index contributed by atoms with van der Waals surface area (Å²) >= 11 is 1.53. The second-order valence-electron chi connectivity index (χ2n) is 3.86. The van der Waals surface area contributed by atoms with Gasteiger partial charge in [-0.25, -0.2) is 0 Å². The molecule has 14 heavy (non-hydrogen) atoms. The minimum atomic E-state index is 0.738. The summed E-state index contributed by atoms with van der Waals surface area (Å²) in [5.41, 5.74) is 1.17. The van der Waals surface area contributed by atoms with Crippen molar-refractivity contribution in [3.63, 3.8) is 0 Å². The first-order chi connectivity index (χ1) is 6.90. The van der Waals surface area contributed by atoms with E-state index < -0.39 is 0 Å². The van der Waals surface area contributed by atoms with Crippen molar-refractivity contribution in [3.8, 4) is 0 Å². The summed E-state index contributed by atoms with van der Waals surface area (Å²) in [4.78, 5) is 1.32. The third kappa shape index (κ3) is 2.30. The molecular formula is C10H17N3S. The molecule has 1 saturated carbocycles. The molecule has 0 spiro atoms. The largest absolute Gasteiger partial charge is 0.309 e. The normalized spacial score (nSPS) is 17.8. The Morgan fingerprint density at radius 3 is 2.93 bits per heavy atom. The Labute approximate surface area is 89.1 Å². The maximum Gasteiger partial charge on any atom is 0.0797 e. The molecule has 1 aliphatic carbocycles. The quantitative estimate of drug-likeness (QED) is 0.829. The zero-order valence-corrected chi connectivity index (χ0v) is 9.44. The summed E-state index contributed by atoms with van der Waals surface area (Å²) < 4.78 is 3.99. The smallest absolute Gasteiger partial charge is 0.0797 e. The minimum absolute atomic E-state index is 0.738. The molecule has 1 aliphatic rings. The number of aryl methyl sites for hydroxylation is 1. The van der Waals surface area contributed by atoms with Gasteiger partial charge in [-0.3, -0.25) is 0 Å². The average Bonchev–Trinajstić information content (AvgIpc) is 2.85. The Kier molecular flexibility index (Phi) is 3.48. The van der Waals surface area contributed by atoms with Gasteiger partial charge in [-0.15, -0.1) is 5.10 Å². The van der Waals surface area contributed by atoms with E-state index in [4.69, 9.17) is 0 Å². The summed E-state index contributed by atoms with van der Waals surface area (Å²) in [5.74, 6) is 0. The van der Waals surface area contributed by atoms with Crippen molar-refractivity contribution in [2.24, 2.45) is 0 Å². The van der Waals surface area contributed by atoms with Crippen LogP contribution in [0.4, 0.5) is 0 Å². The first kappa shape index (κ1) is 10.1. The van der Waals surface area contributed by atoms with Gasteiger partial charge in [0.1, 0.15) is 0 Å². The molecule has 0 bridgehead atoms. The fourth-order valence-electron chi connectivity index (χ4n) is 2.00. The molecule has 3 nitrogen and oxygen atoms in total. The van der Waals surface area contributed by atoms with E-state index in [9.17, 15) is 0 Å². The van der Waals surface area contributed by atoms with Crippen LogP contribution >= 0.6 is 11.5 Å². The van der Waals surface area contributed by atoms with Crippen molar-refractivity contribution < 1.29 is 0 Å². The number of aromatic nitrogens is 2. The van der Waals surface area contributed by atoms with Crippen molar-refractivity contribution in [1.82, 2.24) is 14.9 Å². The number of nitrogens with one attached hydrogen (secondary N) is 1. The second kappa shape index (κ2) is 4.84. The highest BCUT2D eigenvalue weighted by atomic mass is 32.1. The third-order valence-corrected chi connectivity index (χ3v) is 3.64. The zero-order chi connectivity index (χ0) is 9.80. The van der Waals surface area contributed by atoms with Gasteiger partial charge >= 0.3 is 0 Å². The van der Waals surface area contributed by atoms with Crippen LogP contribution in [0.5, 0.6) is 0 Å². The van der Waals surface area contributed by atoms with Gasteiger partial charge in [0.25, 0.3) is 0 Å². The lowest BCUT2D eigenvalue weighted by Gasteiger charge is -2.10. The molecular weight excluding hydrogens is 194 g/mol. The molecule has 0 aliphatic heterocycles. The van der Waals surface area contributed by atoms with E-state index in [2.05, 4.69) is 21.8 Å². The maximum absolute atomic E-state index is 4.11. The van der Waals surface area contributed by atoms with Crippen LogP contribution in [0.1, 0.15) is 43.2 Å². The van der Waals surface area contributed by atoms with Crippen LogP contribution in [0.2, 0.25) is 0 Å². The first-order valence-electron chi connectivity index (χ1n) is 5.43. The predicted molar refractivity (Wildman–Crippen MR) is 58.4 cm³/mol. The molecule has 0 saturated heterocycles. The fraction of sp³-hybridized carbons (Fsp3) is 0.800. The zero-order valence-electron chi connectivity index (χ0n) is 8.62. The van der Waals surface area contributed by atoms with Crippen LogP contribution in [-0.2, 0) is 13.0 Å². The van der Waals surface area contributed by atoms with Gasteiger partial charge in [0.2, 0.25) is 0 Å². The molecule has 1 aromatic heterocycles. The molecule has 0 amide bonds. The molecule has 1 fully saturated rings. The summed E-state index contributed by atoms with van der Waals surface area (Å²) in [5, 5.41) is 7.70. The first-order valence-corrected chi connectivity index (χ1v) is 6.21. The number of rotatable bonds is 4. The van der Waals surface area contributed by atoms with Gasteiger partial charge in [0.05, 0.1) is 10.6 Å². The Morgan fingerprint density at radius 1 is 1.43 bits per heavy atom. The van der Waals surface area contributed by atoms with Gasteiger partial charge in [-0.1, -0.05) is 24.3 Å². The van der Waals surface area contributed by atoms with E-state index >= 15 is 0 Å². The summed E-state index contributed by atoms with van der Waals surface area (Å²) in [6.45, 7) is 3.10. The van der Waals surface area contributed by atoms with E-state index in [0.717, 1.165) is 19.0 Å². The Bertz CT molecular complexity index is 279. The van der Waals surface area contributed by atoms with Crippen molar-refractivity contribution in [1.29, 1.82) is 0 Å². The number of hydrogen-bond donors (Lipinski definition) is 1. The van der Waals surface area contributed by atoms with Crippen molar-refractivity contribution in [3.05, 3.63) is 10.6 Å². The van der Waals surface area contributed by atoms with Crippen LogP contribution in [0, 0.1) is 0 Å². The predicted octanol–water partition coefficient (Wildman–Crippen LogP) is 2.13. The summed E-state index contributed by atoms with van der Waals surface area (Å²) in [6.07, 6.45) is 6.46. The molecule has 0 atom stereocenters. The standard InChI is InChI=1S/C10H17N3S/c1-2-9-10(14-13-12-9)7-11-8-5-3-4-6-8/h8,11H,2-7H2,1H3. The lowest BCUT2D eigenvalue weighted by Crippen LogP contribution is -2.25. The SMILES string of the molecule is CCc1nnsc1CNC1CCCC1. The molecule has 1 heterocycles. The topological polar surface area (TPSA) is 37.8 Å². The average molecular weight is 211 g/mol.